The molecule has 2 aliphatic carbocycles. The molecule has 0 aromatic heterocycles. The second-order valence-electron chi connectivity index (χ2n) is 12.6. The molecule has 6 nitrogen and oxygen atoms in total. The van der Waals surface area contributed by atoms with Crippen LogP contribution in [0.4, 0.5) is 9.59 Å². The van der Waals surface area contributed by atoms with E-state index in [0.717, 1.165) is 19.3 Å². The van der Waals surface area contributed by atoms with E-state index in [1.807, 2.05) is 17.0 Å². The third-order valence-electron chi connectivity index (χ3n) is 10.2. The quantitative estimate of drug-likeness (QED) is 0.259. The molecule has 222 valence electrons. The average molecular weight is 585 g/mol. The highest BCUT2D eigenvalue weighted by Crippen LogP contribution is 2.46. The van der Waals surface area contributed by atoms with Crippen molar-refractivity contribution in [2.24, 2.45) is 0 Å². The number of hydrogen-bond donors (Lipinski definition) is 1. The smallest absolute Gasteiger partial charge is 0.410 e. The topological polar surface area (TPSA) is 67.9 Å². The molecule has 2 unspecified atom stereocenters. The molecular weight excluding hydrogens is 548 g/mol. The van der Waals surface area contributed by atoms with Crippen molar-refractivity contribution in [1.82, 2.24) is 10.2 Å². The predicted octanol–water partition coefficient (Wildman–Crippen LogP) is 7.86. The Morgan fingerprint density at radius 1 is 0.614 bits per heavy atom. The molecule has 2 fully saturated rings. The summed E-state index contributed by atoms with van der Waals surface area (Å²) in [5.74, 6) is 0.0712. The Bertz CT molecular complexity index is 1630. The number of carbonyl (C=O) groups excluding carboxylic acids is 2. The van der Waals surface area contributed by atoms with E-state index in [0.29, 0.717) is 26.1 Å². The highest BCUT2D eigenvalue weighted by atomic mass is 16.6. The van der Waals surface area contributed by atoms with E-state index < -0.39 is 0 Å². The zero-order valence-electron chi connectivity index (χ0n) is 24.7. The molecule has 2 bridgehead atoms. The van der Waals surface area contributed by atoms with Gasteiger partial charge in [-0.05, 0) is 76.6 Å². The zero-order valence-corrected chi connectivity index (χ0v) is 24.7. The maximum Gasteiger partial charge on any atom is 0.410 e. The van der Waals surface area contributed by atoms with Crippen molar-refractivity contribution in [3.8, 4) is 22.3 Å². The SMILES string of the molecule is O=C(NC1CC2CCCC(C1)N2C(=O)OCC1c2ccccc2-c2ccccc21)OCC1c2ccccc2-c2ccccc21. The highest BCUT2D eigenvalue weighted by Gasteiger charge is 2.43. The number of nitrogens with one attached hydrogen (secondary N) is 1. The van der Waals surface area contributed by atoms with Gasteiger partial charge in [0, 0.05) is 30.0 Å². The Kier molecular flexibility index (Phi) is 6.85. The molecule has 4 aliphatic rings. The summed E-state index contributed by atoms with van der Waals surface area (Å²) in [5.41, 5.74) is 9.71. The third kappa shape index (κ3) is 4.64. The first-order valence-electron chi connectivity index (χ1n) is 15.9. The Hall–Kier alpha value is -4.58. The lowest BCUT2D eigenvalue weighted by molar-refractivity contribution is 0.0122. The van der Waals surface area contributed by atoms with Crippen LogP contribution < -0.4 is 5.32 Å². The maximum absolute atomic E-state index is 13.6. The standard InChI is InChI=1S/C38H36N2O4/c41-37(43-22-35-31-16-5-1-12-27(31)28-13-2-6-17-32(28)35)39-24-20-25-10-9-11-26(21-24)40(25)38(42)44-23-36-33-18-7-3-14-29(33)30-15-4-8-19-34(30)36/h1-8,12-19,24-26,35-36H,9-11,20-23H2,(H,39,41). The number of benzene rings is 4. The molecule has 2 atom stereocenters. The molecule has 1 N–H and O–H groups in total. The third-order valence-corrected chi connectivity index (χ3v) is 10.2. The number of amides is 2. The van der Waals surface area contributed by atoms with Gasteiger partial charge in [0.05, 0.1) is 0 Å². The van der Waals surface area contributed by atoms with Gasteiger partial charge < -0.3 is 19.7 Å². The minimum absolute atomic E-state index is 0.0291. The van der Waals surface area contributed by atoms with Crippen LogP contribution in [0.5, 0.6) is 0 Å². The van der Waals surface area contributed by atoms with Crippen molar-refractivity contribution >= 4 is 12.2 Å². The van der Waals surface area contributed by atoms with Crippen molar-refractivity contribution in [2.45, 2.75) is 62.1 Å². The largest absolute Gasteiger partial charge is 0.449 e. The van der Waals surface area contributed by atoms with Crippen molar-refractivity contribution in [3.05, 3.63) is 119 Å². The molecule has 2 amide bonds. The Morgan fingerprint density at radius 2 is 1.02 bits per heavy atom. The number of nitrogens with zero attached hydrogens (tertiary/aromatic N) is 1. The lowest BCUT2D eigenvalue weighted by atomic mass is 9.82. The van der Waals surface area contributed by atoms with Gasteiger partial charge in [-0.25, -0.2) is 9.59 Å². The normalized spacial score (nSPS) is 21.5. The summed E-state index contributed by atoms with van der Waals surface area (Å²) in [6, 6.07) is 33.6. The van der Waals surface area contributed by atoms with Crippen LogP contribution in [-0.4, -0.2) is 48.4 Å². The number of fused-ring (bicyclic) bond motifs is 8. The van der Waals surface area contributed by atoms with E-state index in [-0.39, 0.29) is 42.1 Å². The first-order valence-corrected chi connectivity index (χ1v) is 15.9. The summed E-state index contributed by atoms with van der Waals surface area (Å²) in [7, 11) is 0. The van der Waals surface area contributed by atoms with Gasteiger partial charge in [0.2, 0.25) is 0 Å². The van der Waals surface area contributed by atoms with Crippen molar-refractivity contribution < 1.29 is 19.1 Å². The number of hydrogen-bond acceptors (Lipinski definition) is 4. The van der Waals surface area contributed by atoms with Gasteiger partial charge in [-0.1, -0.05) is 97.1 Å². The molecule has 0 spiro atoms. The van der Waals surface area contributed by atoms with Gasteiger partial charge in [0.25, 0.3) is 0 Å². The second kappa shape index (κ2) is 11.2. The van der Waals surface area contributed by atoms with E-state index in [1.54, 1.807) is 0 Å². The van der Waals surface area contributed by atoms with Crippen LogP contribution in [0, 0.1) is 0 Å². The van der Waals surface area contributed by atoms with Crippen molar-refractivity contribution in [1.29, 1.82) is 0 Å². The maximum atomic E-state index is 13.6. The van der Waals surface area contributed by atoms with Gasteiger partial charge in [-0.2, -0.15) is 0 Å². The minimum Gasteiger partial charge on any atom is -0.449 e. The first-order chi connectivity index (χ1) is 21.7. The fourth-order valence-electron chi connectivity index (χ4n) is 8.27. The predicted molar refractivity (Wildman–Crippen MR) is 170 cm³/mol. The Balaban J connectivity index is 0.893. The molecule has 2 saturated heterocycles. The number of ether oxygens (including phenoxy) is 2. The highest BCUT2D eigenvalue weighted by molar-refractivity contribution is 5.80. The lowest BCUT2D eigenvalue weighted by Gasteiger charge is -2.48. The number of piperidine rings is 2. The lowest BCUT2D eigenvalue weighted by Crippen LogP contribution is -2.59. The first kappa shape index (κ1) is 27.0. The van der Waals surface area contributed by atoms with E-state index in [2.05, 4.69) is 90.2 Å². The molecule has 2 heterocycles. The van der Waals surface area contributed by atoms with Crippen LogP contribution in [0.1, 0.15) is 66.2 Å². The van der Waals surface area contributed by atoms with Crippen LogP contribution in [-0.2, 0) is 9.47 Å². The van der Waals surface area contributed by atoms with Crippen molar-refractivity contribution in [2.75, 3.05) is 13.2 Å². The minimum atomic E-state index is -0.385. The number of rotatable bonds is 5. The van der Waals surface area contributed by atoms with E-state index in [9.17, 15) is 9.59 Å². The molecule has 0 radical (unpaired) electrons. The monoisotopic (exact) mass is 584 g/mol. The van der Waals surface area contributed by atoms with Crippen LogP contribution in [0.25, 0.3) is 22.3 Å². The Morgan fingerprint density at radius 3 is 1.48 bits per heavy atom. The Labute approximate surface area is 258 Å². The summed E-state index contributed by atoms with van der Waals surface area (Å²) < 4.78 is 11.9. The van der Waals surface area contributed by atoms with Crippen LogP contribution in [0.3, 0.4) is 0 Å². The summed E-state index contributed by atoms with van der Waals surface area (Å²) in [6.07, 6.45) is 3.73. The average Bonchev–Trinajstić information content (AvgIpc) is 3.55. The molecule has 4 aromatic carbocycles. The summed E-state index contributed by atoms with van der Waals surface area (Å²) in [6.45, 7) is 0.621. The van der Waals surface area contributed by atoms with Gasteiger partial charge in [0.1, 0.15) is 13.2 Å². The zero-order chi connectivity index (χ0) is 29.6. The second-order valence-corrected chi connectivity index (χ2v) is 12.6. The molecular formula is C38H36N2O4. The number of carbonyl (C=O) groups is 2. The molecule has 44 heavy (non-hydrogen) atoms. The van der Waals surface area contributed by atoms with Gasteiger partial charge in [0.15, 0.2) is 0 Å². The molecule has 0 saturated carbocycles. The van der Waals surface area contributed by atoms with E-state index in [4.69, 9.17) is 9.47 Å². The summed E-state index contributed by atoms with van der Waals surface area (Å²) in [5, 5.41) is 3.14. The summed E-state index contributed by atoms with van der Waals surface area (Å²) in [4.78, 5) is 28.6. The van der Waals surface area contributed by atoms with Gasteiger partial charge >= 0.3 is 12.2 Å². The van der Waals surface area contributed by atoms with Crippen LogP contribution in [0.15, 0.2) is 97.1 Å². The molecule has 8 rings (SSSR count). The van der Waals surface area contributed by atoms with E-state index >= 15 is 0 Å². The molecule has 2 aliphatic heterocycles. The van der Waals surface area contributed by atoms with E-state index in [1.165, 1.54) is 44.5 Å². The van der Waals surface area contributed by atoms with Gasteiger partial charge in [-0.15, -0.1) is 0 Å². The molecule has 6 heteroatoms. The fraction of sp³-hybridized carbons (Fsp3) is 0.316. The number of alkyl carbamates (subject to hydrolysis) is 1. The van der Waals surface area contributed by atoms with Gasteiger partial charge in [-0.3, -0.25) is 0 Å². The van der Waals surface area contributed by atoms with Crippen LogP contribution in [0.2, 0.25) is 0 Å². The molecule has 4 aromatic rings. The fourth-order valence-corrected chi connectivity index (χ4v) is 8.27. The summed E-state index contributed by atoms with van der Waals surface area (Å²) >= 11 is 0. The van der Waals surface area contributed by atoms with Crippen molar-refractivity contribution in [3.63, 3.8) is 0 Å². The van der Waals surface area contributed by atoms with Crippen LogP contribution >= 0.6 is 0 Å².